The van der Waals surface area contributed by atoms with Crippen LogP contribution < -0.4 is 19.5 Å². The zero-order valence-electron chi connectivity index (χ0n) is 16.3. The Kier molecular flexibility index (Phi) is 4.86. The van der Waals surface area contributed by atoms with Crippen molar-refractivity contribution >= 4 is 16.8 Å². The lowest BCUT2D eigenvalue weighted by Gasteiger charge is -2.24. The Morgan fingerprint density at radius 2 is 1.82 bits per heavy atom. The maximum absolute atomic E-state index is 13.0. The minimum absolute atomic E-state index is 0.0415. The van der Waals surface area contributed by atoms with Gasteiger partial charge >= 0.3 is 0 Å². The molecule has 0 spiro atoms. The Morgan fingerprint density at radius 1 is 1.07 bits per heavy atom. The van der Waals surface area contributed by atoms with Crippen molar-refractivity contribution in [3.05, 3.63) is 53.2 Å². The van der Waals surface area contributed by atoms with E-state index in [2.05, 4.69) is 16.4 Å². The fraction of sp³-hybridized carbons (Fsp3) is 0.318. The van der Waals surface area contributed by atoms with Crippen molar-refractivity contribution in [2.45, 2.75) is 25.3 Å². The van der Waals surface area contributed by atoms with Crippen LogP contribution in [0.3, 0.4) is 0 Å². The number of hydrogen-bond donors (Lipinski definition) is 2. The maximum atomic E-state index is 13.0. The number of nitrogens with one attached hydrogen (secondary N) is 2. The molecule has 1 unspecified atom stereocenters. The van der Waals surface area contributed by atoms with Crippen molar-refractivity contribution in [1.82, 2.24) is 10.3 Å². The Bertz CT molecular complexity index is 1000. The molecule has 1 atom stereocenters. The van der Waals surface area contributed by atoms with E-state index < -0.39 is 0 Å². The molecule has 28 heavy (non-hydrogen) atoms. The van der Waals surface area contributed by atoms with Crippen LogP contribution in [0, 0.1) is 0 Å². The highest BCUT2D eigenvalue weighted by Gasteiger charge is 2.26. The average Bonchev–Trinajstić information content (AvgIpc) is 3.10. The molecule has 0 saturated heterocycles. The van der Waals surface area contributed by atoms with Crippen molar-refractivity contribution in [3.8, 4) is 17.2 Å². The number of aromatic nitrogens is 1. The summed E-state index contributed by atoms with van der Waals surface area (Å²) in [5, 5.41) is 4.32. The summed E-state index contributed by atoms with van der Waals surface area (Å²) in [6.45, 7) is 0. The molecule has 0 aliphatic heterocycles. The second-order valence-electron chi connectivity index (χ2n) is 6.94. The Labute approximate surface area is 163 Å². The molecule has 2 N–H and O–H groups in total. The lowest BCUT2D eigenvalue weighted by Crippen LogP contribution is -2.39. The number of methoxy groups -OCH3 is 3. The number of benzene rings is 2. The fourth-order valence-electron chi connectivity index (χ4n) is 3.98. The monoisotopic (exact) mass is 380 g/mol. The quantitative estimate of drug-likeness (QED) is 0.711. The van der Waals surface area contributed by atoms with Gasteiger partial charge in [-0.15, -0.1) is 0 Å². The van der Waals surface area contributed by atoms with E-state index in [1.165, 1.54) is 11.3 Å². The first-order valence-corrected chi connectivity index (χ1v) is 9.34. The zero-order valence-corrected chi connectivity index (χ0v) is 16.3. The third kappa shape index (κ3) is 3.15. The number of H-pyrrole nitrogens is 1. The van der Waals surface area contributed by atoms with Crippen LogP contribution >= 0.6 is 0 Å². The van der Waals surface area contributed by atoms with Crippen LogP contribution in [0.4, 0.5) is 0 Å². The first-order valence-electron chi connectivity index (χ1n) is 9.34. The van der Waals surface area contributed by atoms with Gasteiger partial charge in [0.1, 0.15) is 22.8 Å². The second kappa shape index (κ2) is 7.46. The summed E-state index contributed by atoms with van der Waals surface area (Å²) in [4.78, 5) is 16.5. The highest BCUT2D eigenvalue weighted by atomic mass is 16.5. The molecular weight excluding hydrogens is 356 g/mol. The van der Waals surface area contributed by atoms with Gasteiger partial charge in [0.2, 0.25) is 0 Å². The fourth-order valence-corrected chi connectivity index (χ4v) is 3.98. The number of carbonyl (C=O) groups is 1. The summed E-state index contributed by atoms with van der Waals surface area (Å²) in [5.41, 5.74) is 4.02. The first kappa shape index (κ1) is 18.2. The summed E-state index contributed by atoms with van der Waals surface area (Å²) in [5.74, 6) is 1.66. The van der Waals surface area contributed by atoms with Gasteiger partial charge in [0.05, 0.1) is 21.3 Å². The number of rotatable bonds is 5. The van der Waals surface area contributed by atoms with E-state index in [0.29, 0.717) is 17.1 Å². The maximum Gasteiger partial charge on any atom is 0.259 e. The van der Waals surface area contributed by atoms with Crippen LogP contribution in [0.2, 0.25) is 0 Å². The molecule has 4 rings (SSSR count). The summed E-state index contributed by atoms with van der Waals surface area (Å²) in [7, 11) is 4.78. The number of aromatic amines is 1. The topological polar surface area (TPSA) is 72.6 Å². The van der Waals surface area contributed by atoms with Crippen LogP contribution in [0.15, 0.2) is 36.4 Å². The normalized spacial score (nSPS) is 15.8. The molecule has 1 amide bonds. The summed E-state index contributed by atoms with van der Waals surface area (Å²) >= 11 is 0. The zero-order chi connectivity index (χ0) is 19.7. The van der Waals surface area contributed by atoms with E-state index in [4.69, 9.17) is 14.2 Å². The van der Waals surface area contributed by atoms with E-state index in [1.54, 1.807) is 39.5 Å². The molecule has 6 heteroatoms. The molecule has 0 bridgehead atoms. The van der Waals surface area contributed by atoms with Gasteiger partial charge in [-0.1, -0.05) is 6.07 Å². The van der Waals surface area contributed by atoms with Gasteiger partial charge in [-0.2, -0.15) is 0 Å². The highest BCUT2D eigenvalue weighted by Crippen LogP contribution is 2.33. The van der Waals surface area contributed by atoms with Crippen LogP contribution in [-0.2, 0) is 12.8 Å². The predicted molar refractivity (Wildman–Crippen MR) is 108 cm³/mol. The van der Waals surface area contributed by atoms with Gasteiger partial charge in [0, 0.05) is 22.6 Å². The smallest absolute Gasteiger partial charge is 0.259 e. The largest absolute Gasteiger partial charge is 0.497 e. The lowest BCUT2D eigenvalue weighted by molar-refractivity contribution is 0.0927. The number of fused-ring (bicyclic) bond motifs is 3. The van der Waals surface area contributed by atoms with E-state index in [1.807, 2.05) is 12.1 Å². The van der Waals surface area contributed by atoms with Gasteiger partial charge in [-0.25, -0.2) is 0 Å². The molecular formula is C22H24N2O4. The van der Waals surface area contributed by atoms with Crippen LogP contribution in [0.1, 0.15) is 28.0 Å². The van der Waals surface area contributed by atoms with Crippen molar-refractivity contribution in [1.29, 1.82) is 0 Å². The lowest BCUT2D eigenvalue weighted by atomic mass is 9.91. The van der Waals surface area contributed by atoms with Crippen molar-refractivity contribution < 1.29 is 19.0 Å². The molecule has 2 aromatic carbocycles. The second-order valence-corrected chi connectivity index (χ2v) is 6.94. The van der Waals surface area contributed by atoms with Gasteiger partial charge in [-0.05, 0) is 55.2 Å². The third-order valence-electron chi connectivity index (χ3n) is 5.39. The molecule has 1 aliphatic rings. The molecule has 0 fully saturated rings. The van der Waals surface area contributed by atoms with Crippen LogP contribution in [0.25, 0.3) is 10.9 Å². The first-order chi connectivity index (χ1) is 13.6. The highest BCUT2D eigenvalue weighted by molar-refractivity contribution is 6.00. The number of aryl methyl sites for hydroxylation is 1. The van der Waals surface area contributed by atoms with Crippen LogP contribution in [0.5, 0.6) is 17.2 Å². The molecule has 1 aliphatic carbocycles. The van der Waals surface area contributed by atoms with E-state index in [0.717, 1.165) is 35.9 Å². The average molecular weight is 380 g/mol. The Hall–Kier alpha value is -3.15. The molecule has 0 radical (unpaired) electrons. The minimum atomic E-state index is -0.180. The molecule has 146 valence electrons. The van der Waals surface area contributed by atoms with Gasteiger partial charge in [0.15, 0.2) is 0 Å². The van der Waals surface area contributed by atoms with E-state index in [-0.39, 0.29) is 11.9 Å². The minimum Gasteiger partial charge on any atom is -0.497 e. The number of hydrogen-bond acceptors (Lipinski definition) is 4. The molecule has 3 aromatic rings. The number of amides is 1. The van der Waals surface area contributed by atoms with Crippen molar-refractivity contribution in [2.75, 3.05) is 21.3 Å². The van der Waals surface area contributed by atoms with Crippen molar-refractivity contribution in [3.63, 3.8) is 0 Å². The van der Waals surface area contributed by atoms with Gasteiger partial charge < -0.3 is 24.5 Å². The summed E-state index contributed by atoms with van der Waals surface area (Å²) in [6, 6.07) is 11.4. The Balaban J connectivity index is 1.59. The number of carbonyl (C=O) groups excluding carboxylic acids is 1. The molecule has 0 saturated carbocycles. The number of ether oxygens (including phenoxy) is 3. The van der Waals surface area contributed by atoms with Crippen molar-refractivity contribution in [2.24, 2.45) is 0 Å². The summed E-state index contributed by atoms with van der Waals surface area (Å²) in [6.07, 6.45) is 2.53. The van der Waals surface area contributed by atoms with E-state index >= 15 is 0 Å². The van der Waals surface area contributed by atoms with Gasteiger partial charge in [-0.3, -0.25) is 4.79 Å². The predicted octanol–water partition coefficient (Wildman–Crippen LogP) is 3.48. The molecule has 1 heterocycles. The van der Waals surface area contributed by atoms with Gasteiger partial charge in [0.25, 0.3) is 5.91 Å². The summed E-state index contributed by atoms with van der Waals surface area (Å²) < 4.78 is 16.1. The SMILES string of the molecule is COc1ccc2[nH]c3c(c2c1)CC(NC(=O)c1c(OC)cccc1OC)CC3. The third-order valence-corrected chi connectivity index (χ3v) is 5.39. The molecule has 1 aromatic heterocycles. The Morgan fingerprint density at radius 3 is 2.50 bits per heavy atom. The standard InChI is InChI=1S/C22H24N2O4/c1-26-14-8-10-18-16(12-14)15-11-13(7-9-17(15)24-18)23-22(25)21-19(27-2)5-4-6-20(21)28-3/h4-6,8,10,12-13,24H,7,9,11H2,1-3H3,(H,23,25). The van der Waals surface area contributed by atoms with Crippen LogP contribution in [-0.4, -0.2) is 38.3 Å². The van der Waals surface area contributed by atoms with E-state index in [9.17, 15) is 4.79 Å². The molecule has 6 nitrogen and oxygen atoms in total.